The maximum atomic E-state index is 11.2. The van der Waals surface area contributed by atoms with Crippen LogP contribution < -0.4 is 10.6 Å². The molecule has 68 valence electrons. The van der Waals surface area contributed by atoms with Gasteiger partial charge in [0.15, 0.2) is 0 Å². The van der Waals surface area contributed by atoms with Gasteiger partial charge in [0, 0.05) is 0 Å². The van der Waals surface area contributed by atoms with Gasteiger partial charge in [-0.05, 0) is 5.56 Å². The van der Waals surface area contributed by atoms with Crippen molar-refractivity contribution in [3.63, 3.8) is 0 Å². The van der Waals surface area contributed by atoms with Crippen LogP contribution in [0.1, 0.15) is 11.6 Å². The topological polar surface area (TPSA) is 58.2 Å². The number of carbonyl (C=O) groups is 2. The molecule has 1 heterocycles. The molecule has 1 aliphatic heterocycles. The van der Waals surface area contributed by atoms with Crippen molar-refractivity contribution in [3.8, 4) is 0 Å². The van der Waals surface area contributed by atoms with Crippen molar-refractivity contribution in [2.75, 3.05) is 0 Å². The summed E-state index contributed by atoms with van der Waals surface area (Å²) in [5.74, 6) is -0.295. The monoisotopic (exact) mass is 200 g/mol. The predicted octanol–water partition coefficient (Wildman–Crippen LogP) is -0.0814. The molecule has 2 N–H and O–H groups in total. The molecule has 0 spiro atoms. The molecule has 1 fully saturated rings. The first-order valence-corrected chi connectivity index (χ1v) is 3.93. The number of hydrogen-bond acceptors (Lipinski definition) is 2. The Hall–Kier alpha value is -0.840. The molecule has 14 heavy (non-hydrogen) atoms. The van der Waals surface area contributed by atoms with Gasteiger partial charge in [0.05, 0.1) is 0 Å². The summed E-state index contributed by atoms with van der Waals surface area (Å²) in [5.41, 5.74) is 0.797. The molecule has 1 atom stereocenters. The molecule has 0 saturated carbocycles. The molecular formula is C9H9N2NaO2. The zero-order chi connectivity index (χ0) is 9.26. The van der Waals surface area contributed by atoms with Crippen molar-refractivity contribution in [1.29, 1.82) is 0 Å². The van der Waals surface area contributed by atoms with Crippen molar-refractivity contribution in [2.45, 2.75) is 6.04 Å². The Labute approximate surface area is 103 Å². The van der Waals surface area contributed by atoms with E-state index in [1.54, 1.807) is 12.1 Å². The molecule has 0 aliphatic carbocycles. The standard InChI is InChI=1S/C9H8N2O2.Na.H/c12-8-7(10-9(13)11-8)6-4-2-1-3-5-6;;/h1-5,7H,(H2,10,11,12,13);;. The van der Waals surface area contributed by atoms with Gasteiger partial charge in [0.25, 0.3) is 5.91 Å². The summed E-state index contributed by atoms with van der Waals surface area (Å²) in [5, 5.41) is 4.70. The molecule has 1 aliphatic rings. The molecule has 2 rings (SSSR count). The van der Waals surface area contributed by atoms with Crippen molar-refractivity contribution in [3.05, 3.63) is 35.9 Å². The Kier molecular flexibility index (Phi) is 3.69. The third kappa shape index (κ3) is 2.15. The Balaban J connectivity index is 0.000000980. The van der Waals surface area contributed by atoms with E-state index < -0.39 is 12.1 Å². The van der Waals surface area contributed by atoms with E-state index in [0.717, 1.165) is 5.56 Å². The SMILES string of the molecule is O=C1NC(=O)C(c2ccccc2)N1.[NaH]. The van der Waals surface area contributed by atoms with E-state index in [9.17, 15) is 9.59 Å². The average Bonchev–Trinajstić information content (AvgIpc) is 2.47. The van der Waals surface area contributed by atoms with E-state index in [1.807, 2.05) is 18.2 Å². The first kappa shape index (κ1) is 11.2. The fourth-order valence-electron chi connectivity index (χ4n) is 1.30. The summed E-state index contributed by atoms with van der Waals surface area (Å²) in [4.78, 5) is 22.0. The van der Waals surface area contributed by atoms with Gasteiger partial charge >= 0.3 is 35.6 Å². The van der Waals surface area contributed by atoms with Gasteiger partial charge in [0.2, 0.25) is 0 Å². The third-order valence-corrected chi connectivity index (χ3v) is 1.91. The molecule has 0 bridgehead atoms. The minimum atomic E-state index is -0.534. The van der Waals surface area contributed by atoms with Crippen LogP contribution in [0.5, 0.6) is 0 Å². The number of imide groups is 1. The summed E-state index contributed by atoms with van der Waals surface area (Å²) in [6.45, 7) is 0. The van der Waals surface area contributed by atoms with Crippen LogP contribution in [0.25, 0.3) is 0 Å². The zero-order valence-electron chi connectivity index (χ0n) is 6.78. The van der Waals surface area contributed by atoms with Crippen LogP contribution in [0, 0.1) is 0 Å². The maximum absolute atomic E-state index is 11.2. The molecule has 1 aromatic carbocycles. The van der Waals surface area contributed by atoms with Gasteiger partial charge < -0.3 is 5.32 Å². The van der Waals surface area contributed by atoms with Gasteiger partial charge in [-0.15, -0.1) is 0 Å². The van der Waals surface area contributed by atoms with Gasteiger partial charge in [-0.25, -0.2) is 4.79 Å². The number of benzene rings is 1. The van der Waals surface area contributed by atoms with E-state index in [-0.39, 0.29) is 35.5 Å². The fraction of sp³-hybridized carbons (Fsp3) is 0.111. The summed E-state index contributed by atoms with van der Waals surface area (Å²) in [6.07, 6.45) is 0. The molecule has 1 unspecified atom stereocenters. The Morgan fingerprint density at radius 3 is 2.21 bits per heavy atom. The molecule has 1 saturated heterocycles. The molecule has 5 heteroatoms. The van der Waals surface area contributed by atoms with Crippen LogP contribution in [0.2, 0.25) is 0 Å². The van der Waals surface area contributed by atoms with E-state index >= 15 is 0 Å². The van der Waals surface area contributed by atoms with Crippen molar-refractivity contribution in [1.82, 2.24) is 10.6 Å². The second-order valence-corrected chi connectivity index (χ2v) is 2.81. The number of hydrogen-bond donors (Lipinski definition) is 2. The minimum absolute atomic E-state index is 0. The molecular weight excluding hydrogens is 191 g/mol. The van der Waals surface area contributed by atoms with Crippen LogP contribution >= 0.6 is 0 Å². The summed E-state index contributed by atoms with van der Waals surface area (Å²) >= 11 is 0. The molecule has 4 nitrogen and oxygen atoms in total. The van der Waals surface area contributed by atoms with Crippen LogP contribution in [0.15, 0.2) is 30.3 Å². The van der Waals surface area contributed by atoms with Crippen molar-refractivity contribution >= 4 is 41.5 Å². The molecule has 0 radical (unpaired) electrons. The van der Waals surface area contributed by atoms with Crippen LogP contribution in [0.4, 0.5) is 4.79 Å². The van der Waals surface area contributed by atoms with Crippen LogP contribution in [-0.2, 0) is 4.79 Å². The molecule has 0 aromatic heterocycles. The number of amides is 3. The summed E-state index contributed by atoms with van der Waals surface area (Å²) < 4.78 is 0. The van der Waals surface area contributed by atoms with Gasteiger partial charge in [-0.2, -0.15) is 0 Å². The van der Waals surface area contributed by atoms with Crippen LogP contribution in [-0.4, -0.2) is 41.5 Å². The quantitative estimate of drug-likeness (QED) is 0.492. The van der Waals surface area contributed by atoms with E-state index in [1.165, 1.54) is 0 Å². The average molecular weight is 200 g/mol. The number of urea groups is 1. The normalized spacial score (nSPS) is 19.6. The van der Waals surface area contributed by atoms with Crippen LogP contribution in [0.3, 0.4) is 0 Å². The van der Waals surface area contributed by atoms with Crippen molar-refractivity contribution in [2.24, 2.45) is 0 Å². The number of nitrogens with one attached hydrogen (secondary N) is 2. The number of carbonyl (C=O) groups excluding carboxylic acids is 2. The second-order valence-electron chi connectivity index (χ2n) is 2.81. The molecule has 1 aromatic rings. The first-order chi connectivity index (χ1) is 6.27. The fourth-order valence-corrected chi connectivity index (χ4v) is 1.30. The number of rotatable bonds is 1. The van der Waals surface area contributed by atoms with E-state index in [0.29, 0.717) is 0 Å². The predicted molar refractivity (Wildman–Crippen MR) is 53.0 cm³/mol. The summed E-state index contributed by atoms with van der Waals surface area (Å²) in [6, 6.07) is 8.15. The Morgan fingerprint density at radius 1 is 1.07 bits per heavy atom. The van der Waals surface area contributed by atoms with Gasteiger partial charge in [0.1, 0.15) is 6.04 Å². The Bertz CT molecular complexity index is 353. The van der Waals surface area contributed by atoms with Crippen molar-refractivity contribution < 1.29 is 9.59 Å². The Morgan fingerprint density at radius 2 is 1.71 bits per heavy atom. The summed E-state index contributed by atoms with van der Waals surface area (Å²) in [7, 11) is 0. The van der Waals surface area contributed by atoms with E-state index in [4.69, 9.17) is 0 Å². The molecule has 3 amide bonds. The second kappa shape index (κ2) is 4.59. The first-order valence-electron chi connectivity index (χ1n) is 3.93. The van der Waals surface area contributed by atoms with Gasteiger partial charge in [-0.1, -0.05) is 30.3 Å². The third-order valence-electron chi connectivity index (χ3n) is 1.91. The van der Waals surface area contributed by atoms with E-state index in [2.05, 4.69) is 10.6 Å². The van der Waals surface area contributed by atoms with Gasteiger partial charge in [-0.3, -0.25) is 10.1 Å². The zero-order valence-corrected chi connectivity index (χ0v) is 6.78.